The number of hydrogen-bond donors (Lipinski definition) is 5. The first-order valence-corrected chi connectivity index (χ1v) is 9.44. The van der Waals surface area contributed by atoms with Gasteiger partial charge in [-0.15, -0.1) is 0 Å². The summed E-state index contributed by atoms with van der Waals surface area (Å²) >= 11 is 0. The third-order valence-corrected chi connectivity index (χ3v) is 4.86. The van der Waals surface area contributed by atoms with Crippen LogP contribution in [0.5, 0.6) is 0 Å². The lowest BCUT2D eigenvalue weighted by Gasteiger charge is -2.07. The van der Waals surface area contributed by atoms with Gasteiger partial charge in [0.15, 0.2) is 0 Å². The largest absolute Gasteiger partial charge is 0.384 e. The Morgan fingerprint density at radius 1 is 1.00 bits per heavy atom. The molecular weight excluding hydrogens is 364 g/mol. The number of nitrogen functional groups attached to an aromatic ring is 2. The van der Waals surface area contributed by atoms with Gasteiger partial charge in [0.1, 0.15) is 11.7 Å². The molecule has 0 saturated carbocycles. The molecule has 2 aromatic carbocycles. The monoisotopic (exact) mass is 390 g/mol. The predicted molar refractivity (Wildman–Crippen MR) is 116 cm³/mol. The Morgan fingerprint density at radius 3 is 2.10 bits per heavy atom. The van der Waals surface area contributed by atoms with Crippen molar-refractivity contribution in [1.82, 2.24) is 9.78 Å². The summed E-state index contributed by atoms with van der Waals surface area (Å²) in [6.45, 7) is 4.45. The van der Waals surface area contributed by atoms with Crippen molar-refractivity contribution in [3.63, 3.8) is 0 Å². The van der Waals surface area contributed by atoms with E-state index in [2.05, 4.69) is 5.10 Å². The van der Waals surface area contributed by atoms with Crippen LogP contribution in [0.1, 0.15) is 53.3 Å². The van der Waals surface area contributed by atoms with Crippen molar-refractivity contribution in [2.45, 2.75) is 32.7 Å². The summed E-state index contributed by atoms with van der Waals surface area (Å²) in [6, 6.07) is 14.7. The van der Waals surface area contributed by atoms with Crippen LogP contribution >= 0.6 is 0 Å². The van der Waals surface area contributed by atoms with Crippen molar-refractivity contribution in [3.8, 4) is 0 Å². The van der Waals surface area contributed by atoms with Crippen LogP contribution in [-0.2, 0) is 13.0 Å². The minimum atomic E-state index is -0.0739. The van der Waals surface area contributed by atoms with Crippen LogP contribution in [0, 0.1) is 10.8 Å². The maximum absolute atomic E-state index is 13.1. The van der Waals surface area contributed by atoms with Gasteiger partial charge in [-0.05, 0) is 29.2 Å². The topological polar surface area (TPSA) is 138 Å². The van der Waals surface area contributed by atoms with Crippen LogP contribution in [0.2, 0.25) is 0 Å². The summed E-state index contributed by atoms with van der Waals surface area (Å²) in [6.07, 6.45) is 0.463. The molecule has 0 atom stereocenters. The molecule has 0 bridgehead atoms. The van der Waals surface area contributed by atoms with Crippen LogP contribution in [-0.4, -0.2) is 21.5 Å². The quantitative estimate of drug-likeness (QED) is 0.313. The van der Waals surface area contributed by atoms with E-state index >= 15 is 0 Å². The summed E-state index contributed by atoms with van der Waals surface area (Å²) in [5.41, 5.74) is 15.8. The van der Waals surface area contributed by atoms with Crippen LogP contribution in [0.25, 0.3) is 0 Å². The zero-order valence-corrected chi connectivity index (χ0v) is 16.6. The number of aromatic nitrogens is 2. The molecule has 7 heteroatoms. The van der Waals surface area contributed by atoms with Crippen LogP contribution in [0.3, 0.4) is 0 Å². The van der Waals surface area contributed by atoms with Crippen molar-refractivity contribution >= 4 is 11.7 Å². The molecule has 150 valence electrons. The number of rotatable bonds is 7. The van der Waals surface area contributed by atoms with Crippen molar-refractivity contribution in [2.75, 3.05) is 0 Å². The second-order valence-electron chi connectivity index (χ2n) is 7.45. The van der Waals surface area contributed by atoms with E-state index in [4.69, 9.17) is 22.3 Å². The average molecular weight is 390 g/mol. The fraction of sp³-hybridized carbons (Fsp3) is 0.227. The third-order valence-electron chi connectivity index (χ3n) is 4.86. The number of amidine groups is 2. The Hall–Kier alpha value is -3.61. The Morgan fingerprint density at radius 2 is 1.55 bits per heavy atom. The number of aromatic amines is 1. The second-order valence-corrected chi connectivity index (χ2v) is 7.45. The Labute approximate surface area is 169 Å². The lowest BCUT2D eigenvalue weighted by atomic mass is 9.98. The van der Waals surface area contributed by atoms with E-state index in [-0.39, 0.29) is 23.1 Å². The maximum atomic E-state index is 13.1. The highest BCUT2D eigenvalue weighted by atomic mass is 16.1. The molecule has 0 amide bonds. The second kappa shape index (κ2) is 8.18. The Balaban J connectivity index is 1.97. The summed E-state index contributed by atoms with van der Waals surface area (Å²) in [4.78, 5) is 13.1. The zero-order valence-electron chi connectivity index (χ0n) is 16.6. The van der Waals surface area contributed by atoms with E-state index in [1.54, 1.807) is 16.8 Å². The molecule has 1 aromatic heterocycles. The summed E-state index contributed by atoms with van der Waals surface area (Å²) in [5.74, 6) is 0.158. The van der Waals surface area contributed by atoms with Gasteiger partial charge in [0.2, 0.25) is 0 Å². The van der Waals surface area contributed by atoms with Gasteiger partial charge in [0.25, 0.3) is 5.56 Å². The lowest BCUT2D eigenvalue weighted by Crippen LogP contribution is -2.20. The molecule has 0 fully saturated rings. The molecule has 7 nitrogen and oxygen atoms in total. The minimum absolute atomic E-state index is 0.000376. The van der Waals surface area contributed by atoms with E-state index in [1.165, 1.54) is 0 Å². The normalized spacial score (nSPS) is 11.0. The first-order valence-electron chi connectivity index (χ1n) is 9.44. The number of H-pyrrole nitrogens is 1. The van der Waals surface area contributed by atoms with Gasteiger partial charge in [0.05, 0.1) is 6.54 Å². The van der Waals surface area contributed by atoms with Gasteiger partial charge in [-0.3, -0.25) is 20.7 Å². The van der Waals surface area contributed by atoms with Gasteiger partial charge in [-0.2, -0.15) is 0 Å². The number of nitrogens with two attached hydrogens (primary N) is 2. The number of benzene rings is 2. The van der Waals surface area contributed by atoms with E-state index in [9.17, 15) is 4.79 Å². The van der Waals surface area contributed by atoms with Gasteiger partial charge in [-0.25, -0.2) is 4.68 Å². The Kier molecular flexibility index (Phi) is 5.68. The van der Waals surface area contributed by atoms with Crippen LogP contribution in [0.4, 0.5) is 0 Å². The molecular formula is C22H26N6O. The van der Waals surface area contributed by atoms with E-state index in [1.807, 2.05) is 50.2 Å². The minimum Gasteiger partial charge on any atom is -0.384 e. The fourth-order valence-electron chi connectivity index (χ4n) is 3.37. The highest BCUT2D eigenvalue weighted by Crippen LogP contribution is 2.19. The summed E-state index contributed by atoms with van der Waals surface area (Å²) < 4.78 is 1.60. The van der Waals surface area contributed by atoms with Gasteiger partial charge in [-0.1, -0.05) is 50.2 Å². The first-order chi connectivity index (χ1) is 13.8. The fourth-order valence-corrected chi connectivity index (χ4v) is 3.37. The smallest absolute Gasteiger partial charge is 0.270 e. The molecule has 0 spiro atoms. The van der Waals surface area contributed by atoms with Crippen LogP contribution < -0.4 is 17.0 Å². The molecule has 0 aliphatic rings. The molecule has 1 heterocycles. The number of nitrogens with one attached hydrogen (secondary N) is 3. The SMILES string of the molecule is CC(C)c1[nH]n(Cc2cccc(C(=N)N)c2)c(=O)c1Cc1cccc(C(=N)N)c1. The predicted octanol–water partition coefficient (Wildman–Crippen LogP) is 2.51. The average Bonchev–Trinajstić information content (AvgIpc) is 2.98. The zero-order chi connectivity index (χ0) is 21.1. The maximum Gasteiger partial charge on any atom is 0.270 e. The first kappa shape index (κ1) is 20.1. The molecule has 0 aliphatic heterocycles. The highest BCUT2D eigenvalue weighted by molar-refractivity contribution is 5.95. The highest BCUT2D eigenvalue weighted by Gasteiger charge is 2.18. The molecule has 0 unspecified atom stereocenters. The molecule has 3 aromatic rings. The summed E-state index contributed by atoms with van der Waals surface area (Å²) in [5, 5.41) is 18.5. The van der Waals surface area contributed by atoms with Crippen molar-refractivity contribution in [3.05, 3.63) is 92.4 Å². The number of hydrogen-bond acceptors (Lipinski definition) is 3. The molecule has 29 heavy (non-hydrogen) atoms. The van der Waals surface area contributed by atoms with E-state index < -0.39 is 0 Å². The van der Waals surface area contributed by atoms with Gasteiger partial charge >= 0.3 is 0 Å². The van der Waals surface area contributed by atoms with Crippen molar-refractivity contribution < 1.29 is 0 Å². The van der Waals surface area contributed by atoms with Crippen LogP contribution in [0.15, 0.2) is 53.3 Å². The lowest BCUT2D eigenvalue weighted by molar-refractivity contribution is 0.640. The van der Waals surface area contributed by atoms with E-state index in [0.29, 0.717) is 29.7 Å². The molecule has 0 saturated heterocycles. The standard InChI is InChI=1S/C22H26N6O/c1-13(2)19-18(11-14-5-3-7-16(9-14)20(23)24)22(29)28(27-19)12-15-6-4-8-17(10-15)21(25)26/h3-10,13,27H,11-12H2,1-2H3,(H3,23,24)(H3,25,26). The number of nitrogens with zero attached hydrogens (tertiary/aromatic N) is 1. The molecule has 7 N–H and O–H groups in total. The van der Waals surface area contributed by atoms with Crippen molar-refractivity contribution in [1.29, 1.82) is 10.8 Å². The summed E-state index contributed by atoms with van der Waals surface area (Å²) in [7, 11) is 0. The van der Waals surface area contributed by atoms with Crippen molar-refractivity contribution in [2.24, 2.45) is 11.5 Å². The van der Waals surface area contributed by atoms with E-state index in [0.717, 1.165) is 16.8 Å². The van der Waals surface area contributed by atoms with Gasteiger partial charge in [0, 0.05) is 28.8 Å². The molecule has 0 radical (unpaired) electrons. The Bertz CT molecular complexity index is 1120. The molecule has 3 rings (SSSR count). The third kappa shape index (κ3) is 4.45. The van der Waals surface area contributed by atoms with Gasteiger partial charge < -0.3 is 11.5 Å². The molecule has 0 aliphatic carbocycles.